The fourth-order valence-electron chi connectivity index (χ4n) is 2.23. The van der Waals surface area contributed by atoms with Crippen molar-refractivity contribution in [3.8, 4) is 0 Å². The van der Waals surface area contributed by atoms with Gasteiger partial charge in [0.2, 0.25) is 0 Å². The average molecular weight is 285 g/mol. The van der Waals surface area contributed by atoms with E-state index in [0.29, 0.717) is 13.1 Å². The molecule has 108 valence electrons. The lowest BCUT2D eigenvalue weighted by Crippen LogP contribution is -2.52. The highest BCUT2D eigenvalue weighted by Gasteiger charge is 2.30. The normalized spacial score (nSPS) is 20.4. The van der Waals surface area contributed by atoms with Crippen molar-refractivity contribution in [1.29, 1.82) is 0 Å². The number of carbonyl (C=O) groups is 2. The molecule has 1 aliphatic carbocycles. The number of amides is 2. The highest BCUT2D eigenvalue weighted by molar-refractivity contribution is 7.98. The first-order valence-corrected chi connectivity index (χ1v) is 8.41. The van der Waals surface area contributed by atoms with Crippen LogP contribution in [0.1, 0.15) is 19.3 Å². The Balaban J connectivity index is 1.66. The van der Waals surface area contributed by atoms with Crippen LogP contribution >= 0.6 is 11.8 Å². The maximum absolute atomic E-state index is 11.9. The first kappa shape index (κ1) is 14.7. The second-order valence-electron chi connectivity index (χ2n) is 5.23. The van der Waals surface area contributed by atoms with E-state index in [9.17, 15) is 9.59 Å². The van der Waals surface area contributed by atoms with Gasteiger partial charge in [0.15, 0.2) is 0 Å². The highest BCUT2D eigenvalue weighted by Crippen LogP contribution is 2.18. The van der Waals surface area contributed by atoms with Crippen molar-refractivity contribution in [1.82, 2.24) is 15.1 Å². The monoisotopic (exact) mass is 285 g/mol. The smallest absolute Gasteiger partial charge is 0.311 e. The van der Waals surface area contributed by atoms with Crippen molar-refractivity contribution in [2.75, 3.05) is 44.7 Å². The molecule has 0 bridgehead atoms. The molecule has 2 fully saturated rings. The lowest BCUT2D eigenvalue weighted by Gasteiger charge is -2.34. The van der Waals surface area contributed by atoms with Crippen LogP contribution in [0.2, 0.25) is 0 Å². The summed E-state index contributed by atoms with van der Waals surface area (Å²) in [5.74, 6) is 0.414. The third-order valence-corrected chi connectivity index (χ3v) is 4.29. The third-order valence-electron chi connectivity index (χ3n) is 3.59. The largest absolute Gasteiger partial charge is 0.345 e. The molecule has 1 aliphatic heterocycles. The third kappa shape index (κ3) is 4.69. The van der Waals surface area contributed by atoms with Gasteiger partial charge in [-0.1, -0.05) is 0 Å². The molecule has 2 amide bonds. The van der Waals surface area contributed by atoms with Crippen molar-refractivity contribution < 1.29 is 9.59 Å². The van der Waals surface area contributed by atoms with Gasteiger partial charge in [-0.15, -0.1) is 0 Å². The molecule has 2 aliphatic rings. The first-order chi connectivity index (χ1) is 9.20. The molecule has 1 N–H and O–H groups in total. The summed E-state index contributed by atoms with van der Waals surface area (Å²) in [6.45, 7) is 4.22. The van der Waals surface area contributed by atoms with E-state index in [0.717, 1.165) is 32.5 Å². The number of rotatable bonds is 5. The maximum Gasteiger partial charge on any atom is 0.311 e. The van der Waals surface area contributed by atoms with Gasteiger partial charge < -0.3 is 10.2 Å². The Labute approximate surface area is 119 Å². The van der Waals surface area contributed by atoms with Crippen LogP contribution in [0.15, 0.2) is 0 Å². The quantitative estimate of drug-likeness (QED) is 0.578. The Kier molecular flexibility index (Phi) is 5.51. The van der Waals surface area contributed by atoms with Crippen LogP contribution in [0, 0.1) is 0 Å². The molecule has 19 heavy (non-hydrogen) atoms. The number of hydrogen-bond donors (Lipinski definition) is 1. The second-order valence-corrected chi connectivity index (χ2v) is 6.21. The van der Waals surface area contributed by atoms with E-state index in [1.165, 1.54) is 12.2 Å². The maximum atomic E-state index is 11.9. The number of carbonyl (C=O) groups excluding carboxylic acids is 2. The molecule has 0 radical (unpaired) electrons. The second kappa shape index (κ2) is 7.14. The molecule has 1 saturated carbocycles. The molecule has 0 aromatic heterocycles. The topological polar surface area (TPSA) is 52.7 Å². The molecular weight excluding hydrogens is 262 g/mol. The van der Waals surface area contributed by atoms with Crippen LogP contribution in [-0.2, 0) is 9.59 Å². The minimum absolute atomic E-state index is 0.254. The van der Waals surface area contributed by atoms with Crippen molar-refractivity contribution in [2.24, 2.45) is 0 Å². The van der Waals surface area contributed by atoms with E-state index in [2.05, 4.69) is 16.5 Å². The predicted octanol–water partition coefficient (Wildman–Crippen LogP) is 0.162. The SMILES string of the molecule is CSCCCN1CCN(C(=O)C(=O)NC2CC2)CC1. The van der Waals surface area contributed by atoms with E-state index in [1.807, 2.05) is 11.8 Å². The van der Waals surface area contributed by atoms with Crippen LogP contribution in [0.3, 0.4) is 0 Å². The van der Waals surface area contributed by atoms with Gasteiger partial charge in [0.1, 0.15) is 0 Å². The Morgan fingerprint density at radius 1 is 1.21 bits per heavy atom. The van der Waals surface area contributed by atoms with Gasteiger partial charge in [-0.2, -0.15) is 11.8 Å². The van der Waals surface area contributed by atoms with Gasteiger partial charge in [0.05, 0.1) is 0 Å². The van der Waals surface area contributed by atoms with Crippen LogP contribution in [-0.4, -0.2) is 72.4 Å². The van der Waals surface area contributed by atoms with Gasteiger partial charge in [0.25, 0.3) is 0 Å². The average Bonchev–Trinajstić information content (AvgIpc) is 3.23. The van der Waals surface area contributed by atoms with E-state index in [-0.39, 0.29) is 11.9 Å². The van der Waals surface area contributed by atoms with E-state index >= 15 is 0 Å². The molecule has 0 aromatic carbocycles. The molecular formula is C13H23N3O2S. The van der Waals surface area contributed by atoms with Crippen LogP contribution in [0.4, 0.5) is 0 Å². The van der Waals surface area contributed by atoms with Crippen molar-refractivity contribution in [3.63, 3.8) is 0 Å². The van der Waals surface area contributed by atoms with Crippen LogP contribution < -0.4 is 5.32 Å². The minimum atomic E-state index is -0.418. The van der Waals surface area contributed by atoms with Crippen LogP contribution in [0.25, 0.3) is 0 Å². The highest BCUT2D eigenvalue weighted by atomic mass is 32.2. The zero-order valence-corrected chi connectivity index (χ0v) is 12.4. The molecule has 0 spiro atoms. The number of thioether (sulfide) groups is 1. The Morgan fingerprint density at radius 3 is 2.47 bits per heavy atom. The molecule has 1 saturated heterocycles. The summed E-state index contributed by atoms with van der Waals surface area (Å²) in [4.78, 5) is 27.6. The Hall–Kier alpha value is -0.750. The standard InChI is InChI=1S/C13H23N3O2S/c1-19-10-2-5-15-6-8-16(9-7-15)13(18)12(17)14-11-3-4-11/h11H,2-10H2,1H3,(H,14,17). The lowest BCUT2D eigenvalue weighted by atomic mass is 10.3. The molecule has 2 rings (SSSR count). The summed E-state index contributed by atoms with van der Waals surface area (Å²) >= 11 is 1.87. The number of nitrogens with zero attached hydrogens (tertiary/aromatic N) is 2. The van der Waals surface area contributed by atoms with E-state index in [4.69, 9.17) is 0 Å². The van der Waals surface area contributed by atoms with Crippen molar-refractivity contribution >= 4 is 23.6 Å². The summed E-state index contributed by atoms with van der Waals surface area (Å²) < 4.78 is 0. The molecule has 5 nitrogen and oxygen atoms in total. The summed E-state index contributed by atoms with van der Waals surface area (Å²) in [5.41, 5.74) is 0. The minimum Gasteiger partial charge on any atom is -0.345 e. The summed E-state index contributed by atoms with van der Waals surface area (Å²) in [6.07, 6.45) is 5.34. The zero-order valence-electron chi connectivity index (χ0n) is 11.6. The van der Waals surface area contributed by atoms with E-state index in [1.54, 1.807) is 4.90 Å². The first-order valence-electron chi connectivity index (χ1n) is 7.02. The fraction of sp³-hybridized carbons (Fsp3) is 0.846. The molecule has 6 heteroatoms. The predicted molar refractivity (Wildman–Crippen MR) is 77.2 cm³/mol. The summed E-state index contributed by atoms with van der Waals surface area (Å²) in [7, 11) is 0. The van der Waals surface area contributed by atoms with Gasteiger partial charge >= 0.3 is 11.8 Å². The Bertz CT molecular complexity index is 326. The zero-order chi connectivity index (χ0) is 13.7. The van der Waals surface area contributed by atoms with Gasteiger partial charge in [-0.3, -0.25) is 14.5 Å². The summed E-state index contributed by atoms with van der Waals surface area (Å²) in [6, 6.07) is 0.254. The molecule has 0 atom stereocenters. The van der Waals surface area contributed by atoms with Crippen molar-refractivity contribution in [3.05, 3.63) is 0 Å². The van der Waals surface area contributed by atoms with E-state index < -0.39 is 5.91 Å². The lowest BCUT2D eigenvalue weighted by molar-refractivity contribution is -0.147. The fourth-order valence-corrected chi connectivity index (χ4v) is 2.64. The van der Waals surface area contributed by atoms with Crippen molar-refractivity contribution in [2.45, 2.75) is 25.3 Å². The van der Waals surface area contributed by atoms with Gasteiger partial charge in [-0.05, 0) is 37.8 Å². The van der Waals surface area contributed by atoms with Crippen LogP contribution in [0.5, 0.6) is 0 Å². The van der Waals surface area contributed by atoms with Gasteiger partial charge in [0, 0.05) is 32.2 Å². The van der Waals surface area contributed by atoms with Gasteiger partial charge in [-0.25, -0.2) is 0 Å². The number of hydrogen-bond acceptors (Lipinski definition) is 4. The Morgan fingerprint density at radius 2 is 1.89 bits per heavy atom. The molecule has 0 aromatic rings. The summed E-state index contributed by atoms with van der Waals surface area (Å²) in [5, 5.41) is 2.76. The molecule has 0 unspecified atom stereocenters. The molecule has 1 heterocycles. The number of nitrogens with one attached hydrogen (secondary N) is 1. The number of piperazine rings is 1.